The van der Waals surface area contributed by atoms with Gasteiger partial charge in [0, 0.05) is 24.1 Å². The zero-order valence-corrected chi connectivity index (χ0v) is 11.4. The maximum atomic E-state index is 13.7. The molecular formula is C15H18F3NO. The average molecular weight is 285 g/mol. The van der Waals surface area contributed by atoms with Crippen molar-refractivity contribution < 1.29 is 18.3 Å². The summed E-state index contributed by atoms with van der Waals surface area (Å²) >= 11 is 0. The van der Waals surface area contributed by atoms with Gasteiger partial charge in [-0.3, -0.25) is 0 Å². The molecule has 2 atom stereocenters. The van der Waals surface area contributed by atoms with Crippen molar-refractivity contribution in [1.82, 2.24) is 4.90 Å². The molecule has 110 valence electrons. The standard InChI is InChI=1S/C15H18F3NO/c1-19-9-2-3-10(19)7-15(20,6-9)8-11-12(16)4-5-13(17)14(11)18/h4-5,9-10,20H,2-3,6-8H2,1H3. The van der Waals surface area contributed by atoms with Crippen molar-refractivity contribution in [3.8, 4) is 0 Å². The molecule has 0 radical (unpaired) electrons. The lowest BCUT2D eigenvalue weighted by molar-refractivity contribution is -0.0448. The molecule has 5 heteroatoms. The number of aliphatic hydroxyl groups is 1. The fourth-order valence-corrected chi connectivity index (χ4v) is 3.75. The zero-order valence-electron chi connectivity index (χ0n) is 11.4. The molecule has 2 heterocycles. The minimum atomic E-state index is -1.18. The van der Waals surface area contributed by atoms with Crippen molar-refractivity contribution in [2.24, 2.45) is 0 Å². The van der Waals surface area contributed by atoms with Crippen LogP contribution in [0.4, 0.5) is 13.2 Å². The van der Waals surface area contributed by atoms with Crippen LogP contribution in [0.15, 0.2) is 12.1 Å². The molecule has 2 fully saturated rings. The van der Waals surface area contributed by atoms with E-state index in [-0.39, 0.29) is 24.1 Å². The van der Waals surface area contributed by atoms with E-state index in [0.29, 0.717) is 12.8 Å². The van der Waals surface area contributed by atoms with Gasteiger partial charge in [0.05, 0.1) is 5.60 Å². The first-order valence-electron chi connectivity index (χ1n) is 6.96. The third kappa shape index (κ3) is 2.23. The van der Waals surface area contributed by atoms with Crippen LogP contribution in [0, 0.1) is 17.5 Å². The van der Waals surface area contributed by atoms with Crippen LogP contribution in [0.25, 0.3) is 0 Å². The lowest BCUT2D eigenvalue weighted by Gasteiger charge is -2.42. The monoisotopic (exact) mass is 285 g/mol. The van der Waals surface area contributed by atoms with Crippen LogP contribution in [0.1, 0.15) is 31.2 Å². The smallest absolute Gasteiger partial charge is 0.165 e. The quantitative estimate of drug-likeness (QED) is 0.844. The van der Waals surface area contributed by atoms with Gasteiger partial charge in [-0.2, -0.15) is 0 Å². The highest BCUT2D eigenvalue weighted by Gasteiger charge is 2.46. The maximum Gasteiger partial charge on any atom is 0.165 e. The molecule has 3 rings (SSSR count). The lowest BCUT2D eigenvalue weighted by Crippen LogP contribution is -2.50. The zero-order chi connectivity index (χ0) is 14.5. The first-order valence-corrected chi connectivity index (χ1v) is 6.96. The molecule has 0 aromatic heterocycles. The average Bonchev–Trinajstić information content (AvgIpc) is 2.63. The number of nitrogens with zero attached hydrogens (tertiary/aromatic N) is 1. The molecular weight excluding hydrogens is 267 g/mol. The second kappa shape index (κ2) is 4.74. The Morgan fingerprint density at radius 3 is 2.30 bits per heavy atom. The molecule has 2 saturated heterocycles. The molecule has 1 aromatic carbocycles. The molecule has 2 nitrogen and oxygen atoms in total. The third-order valence-corrected chi connectivity index (χ3v) is 4.86. The Morgan fingerprint density at radius 1 is 1.15 bits per heavy atom. The van der Waals surface area contributed by atoms with E-state index in [9.17, 15) is 18.3 Å². The molecule has 0 spiro atoms. The predicted octanol–water partition coefficient (Wildman–Crippen LogP) is 2.63. The van der Waals surface area contributed by atoms with Gasteiger partial charge < -0.3 is 10.0 Å². The lowest BCUT2D eigenvalue weighted by atomic mass is 9.81. The summed E-state index contributed by atoms with van der Waals surface area (Å²) in [6.07, 6.45) is 2.79. The number of benzene rings is 1. The largest absolute Gasteiger partial charge is 0.389 e. The van der Waals surface area contributed by atoms with Gasteiger partial charge in [0.1, 0.15) is 5.82 Å². The molecule has 0 amide bonds. The number of hydrogen-bond donors (Lipinski definition) is 1. The maximum absolute atomic E-state index is 13.7. The van der Waals surface area contributed by atoms with Crippen molar-refractivity contribution in [1.29, 1.82) is 0 Å². The summed E-state index contributed by atoms with van der Waals surface area (Å²) in [7, 11) is 2.02. The van der Waals surface area contributed by atoms with Gasteiger partial charge in [0.2, 0.25) is 0 Å². The van der Waals surface area contributed by atoms with E-state index in [0.717, 1.165) is 25.0 Å². The molecule has 20 heavy (non-hydrogen) atoms. The molecule has 1 N–H and O–H groups in total. The van der Waals surface area contributed by atoms with Gasteiger partial charge in [-0.25, -0.2) is 13.2 Å². The predicted molar refractivity (Wildman–Crippen MR) is 68.8 cm³/mol. The van der Waals surface area contributed by atoms with Crippen LogP contribution in [0.5, 0.6) is 0 Å². The van der Waals surface area contributed by atoms with Crippen molar-refractivity contribution >= 4 is 0 Å². The van der Waals surface area contributed by atoms with Crippen molar-refractivity contribution in [2.75, 3.05) is 7.05 Å². The molecule has 1 aromatic rings. The number of halogens is 3. The number of hydrogen-bond acceptors (Lipinski definition) is 2. The SMILES string of the molecule is CN1C2CCC1CC(O)(Cc1c(F)ccc(F)c1F)C2. The Kier molecular flexibility index (Phi) is 3.29. The van der Waals surface area contributed by atoms with E-state index < -0.39 is 23.1 Å². The molecule has 2 aliphatic heterocycles. The first kappa shape index (κ1) is 13.9. The molecule has 2 aliphatic rings. The molecule has 2 bridgehead atoms. The van der Waals surface area contributed by atoms with Gasteiger partial charge in [0.15, 0.2) is 11.6 Å². The molecule has 2 unspecified atom stereocenters. The highest BCUT2D eigenvalue weighted by atomic mass is 19.2. The Bertz CT molecular complexity index is 520. The summed E-state index contributed by atoms with van der Waals surface area (Å²) in [4.78, 5) is 2.23. The van der Waals surface area contributed by atoms with Crippen LogP contribution >= 0.6 is 0 Å². The van der Waals surface area contributed by atoms with Gasteiger partial charge in [-0.05, 0) is 44.9 Å². The second-order valence-electron chi connectivity index (χ2n) is 6.18. The van der Waals surface area contributed by atoms with E-state index in [1.165, 1.54) is 0 Å². The van der Waals surface area contributed by atoms with E-state index >= 15 is 0 Å². The number of piperidine rings is 1. The summed E-state index contributed by atoms with van der Waals surface area (Å²) in [6.45, 7) is 0. The highest BCUT2D eigenvalue weighted by Crippen LogP contribution is 2.41. The normalized spacial score (nSPS) is 33.6. The Labute approximate surface area is 116 Å². The van der Waals surface area contributed by atoms with Gasteiger partial charge in [-0.1, -0.05) is 0 Å². The first-order chi connectivity index (χ1) is 9.39. The summed E-state index contributed by atoms with van der Waals surface area (Å²) in [5.74, 6) is -3.03. The molecule has 0 aliphatic carbocycles. The Morgan fingerprint density at radius 2 is 1.70 bits per heavy atom. The summed E-state index contributed by atoms with van der Waals surface area (Å²) in [5.41, 5.74) is -1.48. The fraction of sp³-hybridized carbons (Fsp3) is 0.600. The molecule has 0 saturated carbocycles. The summed E-state index contributed by atoms with van der Waals surface area (Å²) < 4.78 is 40.7. The second-order valence-corrected chi connectivity index (χ2v) is 6.18. The van der Waals surface area contributed by atoms with Crippen molar-refractivity contribution in [2.45, 2.75) is 49.8 Å². The van der Waals surface area contributed by atoms with Crippen LogP contribution in [-0.4, -0.2) is 34.7 Å². The Balaban J connectivity index is 1.87. The van der Waals surface area contributed by atoms with E-state index in [1.54, 1.807) is 0 Å². The Hall–Kier alpha value is -1.07. The van der Waals surface area contributed by atoms with Crippen LogP contribution < -0.4 is 0 Å². The van der Waals surface area contributed by atoms with Gasteiger partial charge in [0.25, 0.3) is 0 Å². The fourth-order valence-electron chi connectivity index (χ4n) is 3.75. The van der Waals surface area contributed by atoms with E-state index in [1.807, 2.05) is 7.05 Å². The summed E-state index contributed by atoms with van der Waals surface area (Å²) in [6, 6.07) is 2.19. The third-order valence-electron chi connectivity index (χ3n) is 4.86. The topological polar surface area (TPSA) is 23.5 Å². The van der Waals surface area contributed by atoms with Crippen LogP contribution in [-0.2, 0) is 6.42 Å². The van der Waals surface area contributed by atoms with Gasteiger partial charge in [-0.15, -0.1) is 0 Å². The van der Waals surface area contributed by atoms with Crippen molar-refractivity contribution in [3.05, 3.63) is 35.1 Å². The highest BCUT2D eigenvalue weighted by molar-refractivity contribution is 5.24. The van der Waals surface area contributed by atoms with Crippen molar-refractivity contribution in [3.63, 3.8) is 0 Å². The van der Waals surface area contributed by atoms with Crippen LogP contribution in [0.3, 0.4) is 0 Å². The van der Waals surface area contributed by atoms with Crippen LogP contribution in [0.2, 0.25) is 0 Å². The number of rotatable bonds is 2. The minimum Gasteiger partial charge on any atom is -0.389 e. The van der Waals surface area contributed by atoms with E-state index in [4.69, 9.17) is 0 Å². The summed E-state index contributed by atoms with van der Waals surface area (Å²) in [5, 5.41) is 10.7. The van der Waals surface area contributed by atoms with E-state index in [2.05, 4.69) is 4.90 Å². The van der Waals surface area contributed by atoms with Gasteiger partial charge >= 0.3 is 0 Å². The number of fused-ring (bicyclic) bond motifs is 2. The minimum absolute atomic E-state index is 0.163.